The first-order valence-electron chi connectivity index (χ1n) is 6.95. The Balaban J connectivity index is 2.20. The molecule has 21 heavy (non-hydrogen) atoms. The van der Waals surface area contributed by atoms with Crippen LogP contribution in [0.2, 0.25) is 5.02 Å². The summed E-state index contributed by atoms with van der Waals surface area (Å²) in [4.78, 5) is 0.281. The highest BCUT2D eigenvalue weighted by Crippen LogP contribution is 2.26. The minimum Gasteiger partial charge on any atom is -0.310 e. The summed E-state index contributed by atoms with van der Waals surface area (Å²) >= 11 is 7.70. The first-order valence-corrected chi connectivity index (χ1v) is 10.2. The van der Waals surface area contributed by atoms with Crippen molar-refractivity contribution >= 4 is 33.4 Å². The fourth-order valence-corrected chi connectivity index (χ4v) is 4.15. The van der Waals surface area contributed by atoms with Crippen molar-refractivity contribution in [1.82, 2.24) is 10.0 Å². The van der Waals surface area contributed by atoms with E-state index in [-0.39, 0.29) is 4.90 Å². The predicted molar refractivity (Wildman–Crippen MR) is 89.6 cm³/mol. The lowest BCUT2D eigenvalue weighted by Crippen LogP contribution is -2.27. The van der Waals surface area contributed by atoms with Gasteiger partial charge in [0.15, 0.2) is 0 Å². The quantitative estimate of drug-likeness (QED) is 0.709. The molecule has 0 saturated heterocycles. The molecule has 0 atom stereocenters. The molecule has 1 fully saturated rings. The molecule has 0 amide bonds. The molecule has 1 aromatic rings. The second-order valence-electron chi connectivity index (χ2n) is 5.23. The molecule has 2 rings (SSSR count). The first-order chi connectivity index (χ1) is 9.94. The third-order valence-electron chi connectivity index (χ3n) is 3.48. The maximum Gasteiger partial charge on any atom is 0.240 e. The predicted octanol–water partition coefficient (Wildman–Crippen LogP) is 2.54. The van der Waals surface area contributed by atoms with Crippen LogP contribution in [-0.2, 0) is 16.6 Å². The molecule has 118 valence electrons. The Morgan fingerprint density at radius 3 is 2.71 bits per heavy atom. The van der Waals surface area contributed by atoms with Gasteiger partial charge in [-0.1, -0.05) is 11.6 Å². The van der Waals surface area contributed by atoms with Crippen LogP contribution in [0.25, 0.3) is 0 Å². The van der Waals surface area contributed by atoms with Gasteiger partial charge in [-0.3, -0.25) is 0 Å². The number of halogens is 1. The van der Waals surface area contributed by atoms with Crippen molar-refractivity contribution in [3.8, 4) is 0 Å². The average molecular weight is 349 g/mol. The molecule has 1 aliphatic rings. The Kier molecular flexibility index (Phi) is 5.96. The Morgan fingerprint density at radius 1 is 1.38 bits per heavy atom. The number of sulfonamides is 1. The van der Waals surface area contributed by atoms with Crippen molar-refractivity contribution in [3.05, 3.63) is 28.3 Å². The summed E-state index contributed by atoms with van der Waals surface area (Å²) in [5.41, 5.74) is 1.71. The van der Waals surface area contributed by atoms with E-state index in [4.69, 9.17) is 11.6 Å². The van der Waals surface area contributed by atoms with Gasteiger partial charge in [-0.2, -0.15) is 11.8 Å². The van der Waals surface area contributed by atoms with Crippen LogP contribution in [0.15, 0.2) is 17.0 Å². The van der Waals surface area contributed by atoms with Crippen LogP contribution in [0.5, 0.6) is 0 Å². The van der Waals surface area contributed by atoms with Crippen LogP contribution in [-0.4, -0.2) is 33.0 Å². The Morgan fingerprint density at radius 2 is 2.10 bits per heavy atom. The summed E-state index contributed by atoms with van der Waals surface area (Å²) in [5, 5.41) is 3.85. The molecule has 0 heterocycles. The highest BCUT2D eigenvalue weighted by molar-refractivity contribution is 7.98. The van der Waals surface area contributed by atoms with Gasteiger partial charge in [0.05, 0.1) is 4.90 Å². The third-order valence-corrected chi connectivity index (χ3v) is 5.90. The van der Waals surface area contributed by atoms with E-state index < -0.39 is 10.0 Å². The molecular formula is C14H21ClN2O2S2. The van der Waals surface area contributed by atoms with Gasteiger partial charge in [-0.05, 0) is 49.3 Å². The van der Waals surface area contributed by atoms with Crippen LogP contribution >= 0.6 is 23.4 Å². The number of hydrogen-bond acceptors (Lipinski definition) is 4. The van der Waals surface area contributed by atoms with Crippen molar-refractivity contribution in [2.45, 2.75) is 37.2 Å². The van der Waals surface area contributed by atoms with E-state index in [0.717, 1.165) is 16.9 Å². The van der Waals surface area contributed by atoms with E-state index in [1.807, 2.05) is 19.2 Å². The van der Waals surface area contributed by atoms with Gasteiger partial charge < -0.3 is 5.32 Å². The maximum absolute atomic E-state index is 12.4. The van der Waals surface area contributed by atoms with Gasteiger partial charge in [-0.15, -0.1) is 0 Å². The van der Waals surface area contributed by atoms with Gasteiger partial charge >= 0.3 is 0 Å². The van der Waals surface area contributed by atoms with Gasteiger partial charge in [0, 0.05) is 29.9 Å². The Bertz CT molecular complexity index is 601. The molecule has 2 N–H and O–H groups in total. The molecule has 0 bridgehead atoms. The number of hydrogen-bond donors (Lipinski definition) is 2. The molecule has 0 aliphatic heterocycles. The summed E-state index contributed by atoms with van der Waals surface area (Å²) in [6.07, 6.45) is 4.34. The molecule has 4 nitrogen and oxygen atoms in total. The first kappa shape index (κ1) is 17.1. The standard InChI is InChI=1S/C14H21ClN2O2S2/c1-10-11(9-16-13-3-4-13)7-12(15)8-14(10)21(18,19)17-5-6-20-2/h7-8,13,16-17H,3-6,9H2,1-2H3. The fourth-order valence-electron chi connectivity index (χ4n) is 2.07. The fraction of sp³-hybridized carbons (Fsp3) is 0.571. The zero-order valence-corrected chi connectivity index (χ0v) is 14.7. The van der Waals surface area contributed by atoms with Gasteiger partial charge in [0.2, 0.25) is 10.0 Å². The highest BCUT2D eigenvalue weighted by atomic mass is 35.5. The van der Waals surface area contributed by atoms with Crippen LogP contribution < -0.4 is 10.0 Å². The summed E-state index contributed by atoms with van der Waals surface area (Å²) < 4.78 is 27.4. The molecule has 0 aromatic heterocycles. The molecule has 1 aliphatic carbocycles. The number of nitrogens with one attached hydrogen (secondary N) is 2. The Labute approximate surface area is 136 Å². The van der Waals surface area contributed by atoms with E-state index in [9.17, 15) is 8.42 Å². The molecule has 0 unspecified atom stereocenters. The summed E-state index contributed by atoms with van der Waals surface area (Å²) in [6, 6.07) is 3.94. The van der Waals surface area contributed by atoms with Crippen molar-refractivity contribution in [2.24, 2.45) is 0 Å². The number of thioether (sulfide) groups is 1. The van der Waals surface area contributed by atoms with E-state index in [1.165, 1.54) is 18.9 Å². The average Bonchev–Trinajstić information content (AvgIpc) is 3.23. The van der Waals surface area contributed by atoms with Crippen molar-refractivity contribution in [2.75, 3.05) is 18.6 Å². The monoisotopic (exact) mass is 348 g/mol. The second kappa shape index (κ2) is 7.33. The van der Waals surface area contributed by atoms with Gasteiger partial charge in [0.1, 0.15) is 0 Å². The van der Waals surface area contributed by atoms with Crippen LogP contribution in [0.1, 0.15) is 24.0 Å². The minimum absolute atomic E-state index is 0.281. The SMILES string of the molecule is CSCCNS(=O)(=O)c1cc(Cl)cc(CNC2CC2)c1C. The topological polar surface area (TPSA) is 58.2 Å². The zero-order chi connectivity index (χ0) is 15.5. The normalized spacial score (nSPS) is 15.4. The van der Waals surface area contributed by atoms with Crippen molar-refractivity contribution < 1.29 is 8.42 Å². The Hall–Kier alpha value is -0.270. The molecule has 1 aromatic carbocycles. The van der Waals surface area contributed by atoms with E-state index >= 15 is 0 Å². The zero-order valence-electron chi connectivity index (χ0n) is 12.3. The number of benzene rings is 1. The molecule has 0 radical (unpaired) electrons. The van der Waals surface area contributed by atoms with Gasteiger partial charge in [-0.25, -0.2) is 13.1 Å². The van der Waals surface area contributed by atoms with Crippen molar-refractivity contribution in [3.63, 3.8) is 0 Å². The van der Waals surface area contributed by atoms with Crippen LogP contribution in [0.4, 0.5) is 0 Å². The summed E-state index contributed by atoms with van der Waals surface area (Å²) in [6.45, 7) is 2.92. The molecular weight excluding hydrogens is 328 g/mol. The second-order valence-corrected chi connectivity index (χ2v) is 8.39. The van der Waals surface area contributed by atoms with Crippen LogP contribution in [0.3, 0.4) is 0 Å². The molecule has 0 spiro atoms. The maximum atomic E-state index is 12.4. The summed E-state index contributed by atoms with van der Waals surface area (Å²) in [7, 11) is -3.51. The third kappa shape index (κ3) is 4.86. The highest BCUT2D eigenvalue weighted by Gasteiger charge is 2.22. The molecule has 1 saturated carbocycles. The van der Waals surface area contributed by atoms with E-state index in [2.05, 4.69) is 10.0 Å². The van der Waals surface area contributed by atoms with E-state index in [0.29, 0.717) is 24.2 Å². The van der Waals surface area contributed by atoms with Gasteiger partial charge in [0.25, 0.3) is 0 Å². The smallest absolute Gasteiger partial charge is 0.240 e. The largest absolute Gasteiger partial charge is 0.310 e. The lowest BCUT2D eigenvalue weighted by atomic mass is 10.1. The lowest BCUT2D eigenvalue weighted by Gasteiger charge is -2.14. The molecule has 7 heteroatoms. The summed E-state index contributed by atoms with van der Waals surface area (Å²) in [5.74, 6) is 0.745. The van der Waals surface area contributed by atoms with E-state index in [1.54, 1.807) is 11.8 Å². The van der Waals surface area contributed by atoms with Crippen LogP contribution in [0, 0.1) is 6.92 Å². The van der Waals surface area contributed by atoms with Crippen molar-refractivity contribution in [1.29, 1.82) is 0 Å². The minimum atomic E-state index is -3.51. The number of rotatable bonds is 8. The lowest BCUT2D eigenvalue weighted by molar-refractivity contribution is 0.583.